The van der Waals surface area contributed by atoms with Gasteiger partial charge >= 0.3 is 0 Å². The second kappa shape index (κ2) is 5.89. The Bertz CT molecular complexity index is 925. The zero-order valence-corrected chi connectivity index (χ0v) is 13.5. The van der Waals surface area contributed by atoms with E-state index < -0.39 is 0 Å². The van der Waals surface area contributed by atoms with Crippen LogP contribution in [-0.2, 0) is 0 Å². The van der Waals surface area contributed by atoms with Gasteiger partial charge in [-0.15, -0.1) is 0 Å². The first-order chi connectivity index (χ1) is 11.8. The van der Waals surface area contributed by atoms with Gasteiger partial charge in [0.15, 0.2) is 5.75 Å². The van der Waals surface area contributed by atoms with Crippen LogP contribution in [0.15, 0.2) is 60.7 Å². The lowest BCUT2D eigenvalue weighted by atomic mass is 10.1. The summed E-state index contributed by atoms with van der Waals surface area (Å²) in [6, 6.07) is 18.0. The molecule has 24 heavy (non-hydrogen) atoms. The van der Waals surface area contributed by atoms with Crippen molar-refractivity contribution in [3.05, 3.63) is 71.9 Å². The molecule has 1 aliphatic heterocycles. The van der Waals surface area contributed by atoms with Gasteiger partial charge in [-0.05, 0) is 23.3 Å². The van der Waals surface area contributed by atoms with Crippen LogP contribution in [0, 0.1) is 0 Å². The van der Waals surface area contributed by atoms with Crippen molar-refractivity contribution in [1.29, 1.82) is 0 Å². The van der Waals surface area contributed by atoms with Gasteiger partial charge < -0.3 is 14.6 Å². The van der Waals surface area contributed by atoms with Crippen molar-refractivity contribution in [1.82, 2.24) is 9.88 Å². The minimum absolute atomic E-state index is 0.0368. The lowest BCUT2D eigenvalue weighted by molar-refractivity contribution is 0.0793. The van der Waals surface area contributed by atoms with Crippen molar-refractivity contribution in [2.24, 2.45) is 0 Å². The Balaban J connectivity index is 1.62. The van der Waals surface area contributed by atoms with E-state index >= 15 is 0 Å². The van der Waals surface area contributed by atoms with Crippen molar-refractivity contribution in [2.45, 2.75) is 0 Å². The minimum Gasteiger partial charge on any atom is -0.494 e. The van der Waals surface area contributed by atoms with Crippen LogP contribution < -0.4 is 4.74 Å². The van der Waals surface area contributed by atoms with Crippen LogP contribution in [0.4, 0.5) is 0 Å². The third-order valence-electron chi connectivity index (χ3n) is 4.43. The summed E-state index contributed by atoms with van der Waals surface area (Å²) in [7, 11) is 1.60. The smallest absolute Gasteiger partial charge is 0.274 e. The highest BCUT2D eigenvalue weighted by atomic mass is 16.5. The number of H-pyrrole nitrogens is 1. The molecule has 0 aliphatic carbocycles. The van der Waals surface area contributed by atoms with Gasteiger partial charge in [-0.1, -0.05) is 48.5 Å². The second-order valence-corrected chi connectivity index (χ2v) is 5.86. The topological polar surface area (TPSA) is 45.3 Å². The number of hydrogen-bond donors (Lipinski definition) is 1. The Morgan fingerprint density at radius 3 is 2.62 bits per heavy atom. The van der Waals surface area contributed by atoms with Gasteiger partial charge in [-0.25, -0.2) is 0 Å². The quantitative estimate of drug-likeness (QED) is 0.800. The third-order valence-corrected chi connectivity index (χ3v) is 4.43. The molecule has 0 spiro atoms. The van der Waals surface area contributed by atoms with Crippen molar-refractivity contribution in [2.75, 3.05) is 20.2 Å². The Morgan fingerprint density at radius 1 is 1.08 bits per heavy atom. The number of carbonyl (C=O) groups excluding carboxylic acids is 1. The number of para-hydroxylation sites is 1. The number of nitrogens with one attached hydrogen (secondary N) is 1. The molecule has 0 bridgehead atoms. The number of carbonyl (C=O) groups is 1. The Kier molecular flexibility index (Phi) is 3.58. The molecular formula is C20H18N2O2. The lowest BCUT2D eigenvalue weighted by Crippen LogP contribution is -2.29. The summed E-state index contributed by atoms with van der Waals surface area (Å²) in [5, 5.41) is 0.929. The Labute approximate surface area is 140 Å². The predicted molar refractivity (Wildman–Crippen MR) is 95.2 cm³/mol. The van der Waals surface area contributed by atoms with Crippen molar-refractivity contribution >= 4 is 22.4 Å². The fourth-order valence-corrected chi connectivity index (χ4v) is 3.21. The van der Waals surface area contributed by atoms with E-state index in [2.05, 4.69) is 23.2 Å². The van der Waals surface area contributed by atoms with E-state index in [4.69, 9.17) is 4.74 Å². The average Bonchev–Trinajstić information content (AvgIpc) is 3.26. The summed E-state index contributed by atoms with van der Waals surface area (Å²) in [5.41, 5.74) is 3.77. The Morgan fingerprint density at radius 2 is 1.83 bits per heavy atom. The number of rotatable bonds is 3. The molecule has 1 aromatic heterocycles. The zero-order valence-electron chi connectivity index (χ0n) is 13.5. The fraction of sp³-hybridized carbons (Fsp3) is 0.150. The van der Waals surface area contributed by atoms with Gasteiger partial charge in [0.1, 0.15) is 5.69 Å². The fourth-order valence-electron chi connectivity index (χ4n) is 3.21. The number of methoxy groups -OCH3 is 1. The van der Waals surface area contributed by atoms with Crippen LogP contribution >= 0.6 is 0 Å². The Hall–Kier alpha value is -3.01. The monoisotopic (exact) mass is 318 g/mol. The highest BCUT2D eigenvalue weighted by molar-refractivity contribution is 6.04. The van der Waals surface area contributed by atoms with Crippen LogP contribution in [-0.4, -0.2) is 36.0 Å². The molecule has 4 rings (SSSR count). The molecule has 120 valence electrons. The first-order valence-electron chi connectivity index (χ1n) is 7.96. The average molecular weight is 318 g/mol. The SMILES string of the molecule is COc1c(C(=O)N2CC=C(c3ccccc3)C2)[nH]c2ccccc12. The van der Waals surface area contributed by atoms with E-state index in [1.807, 2.05) is 47.4 Å². The maximum absolute atomic E-state index is 13.0. The number of nitrogens with zero attached hydrogens (tertiary/aromatic N) is 1. The van der Waals surface area contributed by atoms with Crippen LogP contribution in [0.5, 0.6) is 5.75 Å². The molecule has 1 aliphatic rings. The standard InChI is InChI=1S/C20H18N2O2/c1-24-19-16-9-5-6-10-17(16)21-18(19)20(23)22-12-11-15(13-22)14-7-3-2-4-8-14/h2-11,21H,12-13H2,1H3. The predicted octanol–water partition coefficient (Wildman–Crippen LogP) is 3.72. The molecular weight excluding hydrogens is 300 g/mol. The number of ether oxygens (including phenoxy) is 1. The van der Waals surface area contributed by atoms with Gasteiger partial charge in [0.25, 0.3) is 5.91 Å². The summed E-state index contributed by atoms with van der Waals surface area (Å²) in [6.45, 7) is 1.23. The van der Waals surface area contributed by atoms with Gasteiger partial charge in [0.05, 0.1) is 7.11 Å². The molecule has 1 N–H and O–H groups in total. The van der Waals surface area contributed by atoms with Gasteiger partial charge in [0.2, 0.25) is 0 Å². The van der Waals surface area contributed by atoms with Gasteiger partial charge in [-0.3, -0.25) is 4.79 Å². The lowest BCUT2D eigenvalue weighted by Gasteiger charge is -2.16. The molecule has 2 heterocycles. The number of aromatic nitrogens is 1. The zero-order chi connectivity index (χ0) is 16.5. The molecule has 0 saturated carbocycles. The van der Waals surface area contributed by atoms with E-state index in [0.717, 1.165) is 16.5 Å². The molecule has 0 saturated heterocycles. The summed E-state index contributed by atoms with van der Waals surface area (Å²) in [5.74, 6) is 0.578. The highest BCUT2D eigenvalue weighted by Gasteiger charge is 2.26. The molecule has 4 heteroatoms. The van der Waals surface area contributed by atoms with Crippen LogP contribution in [0.3, 0.4) is 0 Å². The second-order valence-electron chi connectivity index (χ2n) is 5.86. The van der Waals surface area contributed by atoms with Crippen LogP contribution in [0.1, 0.15) is 16.1 Å². The van der Waals surface area contributed by atoms with E-state index in [9.17, 15) is 4.79 Å². The molecule has 4 nitrogen and oxygen atoms in total. The largest absolute Gasteiger partial charge is 0.494 e. The van der Waals surface area contributed by atoms with E-state index in [0.29, 0.717) is 24.5 Å². The van der Waals surface area contributed by atoms with Gasteiger partial charge in [-0.2, -0.15) is 0 Å². The van der Waals surface area contributed by atoms with Crippen molar-refractivity contribution in [3.63, 3.8) is 0 Å². The number of amides is 1. The number of fused-ring (bicyclic) bond motifs is 1. The number of hydrogen-bond acceptors (Lipinski definition) is 2. The van der Waals surface area contributed by atoms with Gasteiger partial charge in [0, 0.05) is 24.0 Å². The third kappa shape index (κ3) is 2.36. The molecule has 0 radical (unpaired) electrons. The summed E-state index contributed by atoms with van der Waals surface area (Å²) < 4.78 is 5.50. The number of benzene rings is 2. The molecule has 3 aromatic rings. The molecule has 2 aromatic carbocycles. The molecule has 1 amide bonds. The summed E-state index contributed by atoms with van der Waals surface area (Å²) >= 11 is 0. The minimum atomic E-state index is -0.0368. The first-order valence-corrected chi connectivity index (χ1v) is 7.96. The molecule has 0 fully saturated rings. The molecule has 0 atom stereocenters. The van der Waals surface area contributed by atoms with Crippen LogP contribution in [0.2, 0.25) is 0 Å². The maximum Gasteiger partial charge on any atom is 0.274 e. The van der Waals surface area contributed by atoms with Crippen molar-refractivity contribution in [3.8, 4) is 5.75 Å². The molecule has 0 unspecified atom stereocenters. The van der Waals surface area contributed by atoms with E-state index in [1.54, 1.807) is 7.11 Å². The van der Waals surface area contributed by atoms with E-state index in [-0.39, 0.29) is 5.91 Å². The summed E-state index contributed by atoms with van der Waals surface area (Å²) in [4.78, 5) is 18.0. The first kappa shape index (κ1) is 14.6. The van der Waals surface area contributed by atoms with Crippen LogP contribution in [0.25, 0.3) is 16.5 Å². The van der Waals surface area contributed by atoms with Crippen molar-refractivity contribution < 1.29 is 9.53 Å². The number of aromatic amines is 1. The normalized spacial score (nSPS) is 14.0. The van der Waals surface area contributed by atoms with E-state index in [1.165, 1.54) is 5.57 Å². The highest BCUT2D eigenvalue weighted by Crippen LogP contribution is 2.31. The maximum atomic E-state index is 13.0. The summed E-state index contributed by atoms with van der Waals surface area (Å²) in [6.07, 6.45) is 2.11.